The zero-order valence-electron chi connectivity index (χ0n) is 59.9. The van der Waals surface area contributed by atoms with Gasteiger partial charge in [-0.2, -0.15) is 0 Å². The molecule has 10 nitrogen and oxygen atoms in total. The molecule has 0 amide bonds. The fourth-order valence-corrected chi connectivity index (χ4v) is 19.1. The topological polar surface area (TPSA) is 97.1 Å². The Morgan fingerprint density at radius 2 is 0.554 bits per heavy atom. The monoisotopic (exact) mass is 1510 g/mol. The van der Waals surface area contributed by atoms with E-state index in [0.717, 1.165) is 50.7 Å². The zero-order chi connectivity index (χ0) is 74.0. The molecule has 14 heteroatoms. The van der Waals surface area contributed by atoms with E-state index >= 15 is 0 Å². The van der Waals surface area contributed by atoms with Crippen LogP contribution in [0.4, 0.5) is 0 Å². The Kier molecular flexibility index (Phi) is 16.8. The lowest BCUT2D eigenvalue weighted by atomic mass is 10.1. The number of nitrogens with zero attached hydrogens (tertiary/aromatic N) is 10. The van der Waals surface area contributed by atoms with Crippen LogP contribution < -0.4 is 0 Å². The molecule has 14 heterocycles. The highest BCUT2D eigenvalue weighted by atomic mass is 32.1. The lowest BCUT2D eigenvalue weighted by molar-refractivity contribution is 1.08. The number of para-hydroxylation sites is 4. The minimum atomic E-state index is 0.924. The summed E-state index contributed by atoms with van der Waals surface area (Å²) in [5, 5.41) is 24.0. The molecule has 0 bridgehead atoms. The van der Waals surface area contributed by atoms with Crippen LogP contribution in [0.3, 0.4) is 0 Å². The van der Waals surface area contributed by atoms with Crippen LogP contribution >= 0.6 is 45.3 Å². The number of fused-ring (bicyclic) bond motifs is 16. The van der Waals surface area contributed by atoms with Crippen molar-refractivity contribution in [1.29, 1.82) is 0 Å². The molecule has 0 unspecified atom stereocenters. The van der Waals surface area contributed by atoms with E-state index in [1.165, 1.54) is 145 Å². The van der Waals surface area contributed by atoms with Crippen molar-refractivity contribution in [3.05, 3.63) is 375 Å². The van der Waals surface area contributed by atoms with Crippen molar-refractivity contribution in [3.8, 4) is 67.6 Å². The second-order valence-corrected chi connectivity index (χ2v) is 31.4. The Labute approximate surface area is 658 Å². The maximum Gasteiger partial charge on any atom is 0.137 e. The smallest absolute Gasteiger partial charge is 0.137 e. The summed E-state index contributed by atoms with van der Waals surface area (Å²) in [4.78, 5) is 26.6. The summed E-state index contributed by atoms with van der Waals surface area (Å²) in [5.74, 6) is 1.85. The van der Waals surface area contributed by atoms with Crippen LogP contribution in [0.5, 0.6) is 0 Å². The summed E-state index contributed by atoms with van der Waals surface area (Å²) < 4.78 is 14.6. The van der Waals surface area contributed by atoms with E-state index in [-0.39, 0.29) is 0 Å². The highest BCUT2D eigenvalue weighted by Gasteiger charge is 2.20. The molecular formula is C98H62N10S4. The van der Waals surface area contributed by atoms with Crippen molar-refractivity contribution >= 4 is 173 Å². The first kappa shape index (κ1) is 66.4. The molecule has 0 aliphatic heterocycles. The number of thiophene rings is 4. The molecule has 0 saturated carbocycles. The molecular weight excluding hydrogens is 1450 g/mol. The van der Waals surface area contributed by atoms with Crippen LogP contribution in [0.15, 0.2) is 375 Å². The number of rotatable bonds is 8. The molecule has 0 radical (unpaired) electrons. The Hall–Kier alpha value is -13.9. The van der Waals surface area contributed by atoms with Crippen molar-refractivity contribution < 1.29 is 0 Å². The Balaban J connectivity index is 0.0000000943. The van der Waals surface area contributed by atoms with Gasteiger partial charge in [-0.15, -0.1) is 45.3 Å². The molecule has 0 saturated heterocycles. The van der Waals surface area contributed by atoms with E-state index in [2.05, 4.69) is 315 Å². The van der Waals surface area contributed by atoms with Crippen molar-refractivity contribution in [2.24, 2.45) is 0 Å². The molecule has 0 atom stereocenters. The van der Waals surface area contributed by atoms with Gasteiger partial charge >= 0.3 is 0 Å². The van der Waals surface area contributed by atoms with Crippen molar-refractivity contribution in [1.82, 2.24) is 48.2 Å². The SMILES string of the molecule is c1ccc(-c2ccc(-n3c4ccccc4c4cc5sccc5cc43)cc2)nc1.c1ccc2c(c1)c1cc3sccc3cc1n2-c1ccc(-c2ccncc2)cn1.c1cncc(-c2ccc(-n3c4ccccc4c4cc5sccc5cc43)cc2)c1.c1cncc(-c2ccc(-n3c4ccccc4c4cc5sccc5cc43)nc2)c1. The van der Waals surface area contributed by atoms with Gasteiger partial charge in [-0.05, 0) is 242 Å². The number of aromatic nitrogens is 10. The summed E-state index contributed by atoms with van der Waals surface area (Å²) in [6, 6.07) is 106. The molecule has 112 heavy (non-hydrogen) atoms. The van der Waals surface area contributed by atoms with Crippen LogP contribution in [0.25, 0.3) is 195 Å². The summed E-state index contributed by atoms with van der Waals surface area (Å²) in [6.45, 7) is 0. The van der Waals surface area contributed by atoms with Crippen LogP contribution in [-0.2, 0) is 0 Å². The maximum absolute atomic E-state index is 4.81. The van der Waals surface area contributed by atoms with Gasteiger partial charge in [0.25, 0.3) is 0 Å². The zero-order valence-corrected chi connectivity index (χ0v) is 63.2. The van der Waals surface area contributed by atoms with Crippen LogP contribution in [-0.4, -0.2) is 48.2 Å². The molecule has 14 aromatic heterocycles. The van der Waals surface area contributed by atoms with Crippen LogP contribution in [0.1, 0.15) is 0 Å². The highest BCUT2D eigenvalue weighted by molar-refractivity contribution is 7.18. The average molecular weight is 1510 g/mol. The van der Waals surface area contributed by atoms with Crippen molar-refractivity contribution in [3.63, 3.8) is 0 Å². The normalized spacial score (nSPS) is 11.6. The van der Waals surface area contributed by atoms with E-state index in [1.54, 1.807) is 57.7 Å². The quantitative estimate of drug-likeness (QED) is 0.150. The third-order valence-electron chi connectivity index (χ3n) is 21.2. The Bertz CT molecular complexity index is 6680. The standard InChI is InChI=1S/2C25H16N2S.2C24H15N3S/c1-2-7-23-20(5-1)21-16-25-18(12-14-28-25)15-24(21)27(23)19-10-8-17(9-11-19)22-6-3-4-13-26-22;1-2-6-23-21(5-1)22-15-25-18(11-13-28-25)14-24(22)27(23)20-9-7-17(8-10-20)19-4-3-12-26-16-19;1-2-6-21-19(5-1)20-13-23-16(9-11-28-23)12-22(20)27(21)24-8-7-18(15-26-24)17-4-3-10-25-14-17;1-2-4-21-19(3-1)20-14-23-17(9-12-28-23)13-22(20)27(21)24-6-5-18(15-26-24)16-7-10-25-11-8-16/h2*1-16H;2*1-15H. The maximum atomic E-state index is 4.81. The van der Waals surface area contributed by atoms with Gasteiger partial charge in [0.15, 0.2) is 0 Å². The molecule has 0 aliphatic rings. The second kappa shape index (κ2) is 28.3. The predicted octanol–water partition coefficient (Wildman–Crippen LogP) is 27.0. The molecule has 528 valence electrons. The molecule has 0 N–H and O–H groups in total. The minimum Gasteiger partial charge on any atom is -0.309 e. The van der Waals surface area contributed by atoms with Gasteiger partial charge in [0.2, 0.25) is 0 Å². The fraction of sp³-hybridized carbons (Fsp3) is 0. The summed E-state index contributed by atoms with van der Waals surface area (Å²) in [5.41, 5.74) is 20.8. The lowest BCUT2D eigenvalue weighted by Crippen LogP contribution is -1.97. The van der Waals surface area contributed by atoms with E-state index in [4.69, 9.17) is 9.97 Å². The van der Waals surface area contributed by atoms with Gasteiger partial charge < -0.3 is 9.13 Å². The largest absolute Gasteiger partial charge is 0.309 e. The minimum absolute atomic E-state index is 0.924. The third kappa shape index (κ3) is 11.9. The number of hydrogen-bond donors (Lipinski definition) is 0. The van der Waals surface area contributed by atoms with Crippen LogP contribution in [0, 0.1) is 0 Å². The van der Waals surface area contributed by atoms with Gasteiger partial charge in [0.1, 0.15) is 11.6 Å². The first-order valence-electron chi connectivity index (χ1n) is 36.9. The Morgan fingerprint density at radius 1 is 0.205 bits per heavy atom. The predicted molar refractivity (Wildman–Crippen MR) is 473 cm³/mol. The molecule has 0 fully saturated rings. The summed E-state index contributed by atoms with van der Waals surface area (Å²) >= 11 is 7.17. The first-order valence-corrected chi connectivity index (χ1v) is 40.4. The van der Waals surface area contributed by atoms with Crippen molar-refractivity contribution in [2.45, 2.75) is 0 Å². The molecule has 24 rings (SSSR count). The number of hydrogen-bond acceptors (Lipinski definition) is 10. The lowest BCUT2D eigenvalue weighted by Gasteiger charge is -2.09. The average Bonchev–Trinajstić information content (AvgIpc) is 1.61. The van der Waals surface area contributed by atoms with Gasteiger partial charge in [-0.1, -0.05) is 115 Å². The van der Waals surface area contributed by atoms with E-state index in [9.17, 15) is 0 Å². The Morgan fingerprint density at radius 3 is 0.938 bits per heavy atom. The molecule has 0 spiro atoms. The third-order valence-corrected chi connectivity index (χ3v) is 24.7. The first-order chi connectivity index (χ1) is 55.5. The van der Waals surface area contributed by atoms with E-state index < -0.39 is 0 Å². The molecule has 0 aliphatic carbocycles. The van der Waals surface area contributed by atoms with Crippen LogP contribution in [0.2, 0.25) is 0 Å². The van der Waals surface area contributed by atoms with E-state index in [0.29, 0.717) is 0 Å². The van der Waals surface area contributed by atoms with E-state index in [1.807, 2.05) is 85.8 Å². The fourth-order valence-electron chi connectivity index (χ4n) is 15.9. The summed E-state index contributed by atoms with van der Waals surface area (Å²) in [7, 11) is 0. The van der Waals surface area contributed by atoms with Gasteiger partial charge in [-0.3, -0.25) is 29.1 Å². The van der Waals surface area contributed by atoms with Gasteiger partial charge in [-0.25, -0.2) is 9.97 Å². The number of pyridine rings is 6. The second-order valence-electron chi connectivity index (χ2n) is 27.6. The van der Waals surface area contributed by atoms with Gasteiger partial charge in [0, 0.05) is 151 Å². The summed E-state index contributed by atoms with van der Waals surface area (Å²) in [6.07, 6.45) is 16.7. The highest BCUT2D eigenvalue weighted by Crippen LogP contribution is 2.42. The molecule has 24 aromatic rings. The van der Waals surface area contributed by atoms with Crippen molar-refractivity contribution in [2.75, 3.05) is 0 Å². The van der Waals surface area contributed by atoms with Gasteiger partial charge in [0.05, 0.1) is 49.8 Å². The molecule has 10 aromatic carbocycles. The number of benzene rings is 10.